The van der Waals surface area contributed by atoms with Crippen molar-refractivity contribution >= 4 is 10.4 Å². The van der Waals surface area contributed by atoms with Crippen molar-refractivity contribution in [1.29, 1.82) is 0 Å². The molecule has 0 amide bonds. The van der Waals surface area contributed by atoms with Crippen LogP contribution in [0.3, 0.4) is 0 Å². The summed E-state index contributed by atoms with van der Waals surface area (Å²) in [5.41, 5.74) is 0. The fraction of sp³-hybridized carbons (Fsp3) is 0.600. The fourth-order valence-corrected chi connectivity index (χ4v) is 0.711. The third-order valence-electron chi connectivity index (χ3n) is 0.780. The average Bonchev–Trinajstić information content (AvgIpc) is 1.78. The van der Waals surface area contributed by atoms with Gasteiger partial charge in [0, 0.05) is 0 Å². The molecular formula is C5H9NaO4S. The van der Waals surface area contributed by atoms with E-state index in [4.69, 9.17) is 0 Å². The molecule has 0 saturated carbocycles. The van der Waals surface area contributed by atoms with Gasteiger partial charge in [0.15, 0.2) is 0 Å². The van der Waals surface area contributed by atoms with Crippen molar-refractivity contribution in [2.45, 2.75) is 12.8 Å². The largest absolute Gasteiger partial charge is 1.00 e. The Balaban J connectivity index is 0. The maximum Gasteiger partial charge on any atom is 1.00 e. The summed E-state index contributed by atoms with van der Waals surface area (Å²) in [6.45, 7) is 3.35. The minimum absolute atomic E-state index is 0. The van der Waals surface area contributed by atoms with Crippen LogP contribution in [0.2, 0.25) is 0 Å². The zero-order valence-corrected chi connectivity index (χ0v) is 9.26. The Hall–Kier alpha value is 0.610. The quantitative estimate of drug-likeness (QED) is 0.156. The number of unbranched alkanes of at least 4 members (excludes halogenated alkanes) is 1. The first-order valence-corrected chi connectivity index (χ1v) is 4.11. The molecule has 0 aromatic rings. The SMILES string of the molecule is C=CCCCOS(=O)(=O)[O-].[Na+]. The van der Waals surface area contributed by atoms with E-state index in [1.165, 1.54) is 0 Å². The monoisotopic (exact) mass is 188 g/mol. The molecule has 0 aliphatic carbocycles. The first kappa shape index (κ1) is 14.2. The molecule has 0 aromatic heterocycles. The van der Waals surface area contributed by atoms with Crippen LogP contribution in [-0.4, -0.2) is 19.6 Å². The van der Waals surface area contributed by atoms with Crippen LogP contribution >= 0.6 is 0 Å². The van der Waals surface area contributed by atoms with Crippen LogP contribution in [0.5, 0.6) is 0 Å². The Labute approximate surface area is 88.9 Å². The molecular weight excluding hydrogens is 179 g/mol. The van der Waals surface area contributed by atoms with Crippen molar-refractivity contribution in [2.24, 2.45) is 0 Å². The van der Waals surface area contributed by atoms with E-state index in [1.807, 2.05) is 0 Å². The van der Waals surface area contributed by atoms with E-state index in [0.29, 0.717) is 12.8 Å². The van der Waals surface area contributed by atoms with E-state index in [2.05, 4.69) is 10.8 Å². The molecule has 0 spiro atoms. The molecule has 0 atom stereocenters. The average molecular weight is 188 g/mol. The fourth-order valence-electron chi connectivity index (χ4n) is 0.389. The van der Waals surface area contributed by atoms with Crippen LogP contribution in [0, 0.1) is 0 Å². The predicted octanol–water partition coefficient (Wildman–Crippen LogP) is -2.57. The van der Waals surface area contributed by atoms with Gasteiger partial charge in [-0.3, -0.25) is 4.18 Å². The second-order valence-electron chi connectivity index (χ2n) is 1.66. The third kappa shape index (κ3) is 13.6. The summed E-state index contributed by atoms with van der Waals surface area (Å²) in [6.07, 6.45) is 2.78. The Morgan fingerprint density at radius 2 is 2.09 bits per heavy atom. The van der Waals surface area contributed by atoms with E-state index >= 15 is 0 Å². The molecule has 0 rings (SSSR count). The van der Waals surface area contributed by atoms with Crippen molar-refractivity contribution in [3.8, 4) is 0 Å². The standard InChI is InChI=1S/C5H10O4S.Na/c1-2-3-4-5-9-10(6,7)8;/h2H,1,3-5H2,(H,6,7,8);/q;+1/p-1. The molecule has 0 aromatic carbocycles. The van der Waals surface area contributed by atoms with Gasteiger partial charge in [-0.15, -0.1) is 6.58 Å². The van der Waals surface area contributed by atoms with Crippen molar-refractivity contribution in [3.05, 3.63) is 12.7 Å². The topological polar surface area (TPSA) is 66.4 Å². The summed E-state index contributed by atoms with van der Waals surface area (Å²) in [5.74, 6) is 0. The van der Waals surface area contributed by atoms with Gasteiger partial charge in [-0.1, -0.05) is 6.08 Å². The van der Waals surface area contributed by atoms with Crippen LogP contribution in [-0.2, 0) is 14.6 Å². The molecule has 0 aliphatic rings. The van der Waals surface area contributed by atoms with Crippen LogP contribution in [0.4, 0.5) is 0 Å². The number of hydrogen-bond acceptors (Lipinski definition) is 4. The van der Waals surface area contributed by atoms with Gasteiger partial charge in [-0.2, -0.15) is 0 Å². The zero-order valence-electron chi connectivity index (χ0n) is 6.45. The van der Waals surface area contributed by atoms with Crippen molar-refractivity contribution in [3.63, 3.8) is 0 Å². The van der Waals surface area contributed by atoms with Crippen LogP contribution in [0.15, 0.2) is 12.7 Å². The summed E-state index contributed by atoms with van der Waals surface area (Å²) in [7, 11) is -4.49. The van der Waals surface area contributed by atoms with Crippen molar-refractivity contribution in [1.82, 2.24) is 0 Å². The Morgan fingerprint density at radius 1 is 1.55 bits per heavy atom. The Kier molecular flexibility index (Phi) is 9.35. The van der Waals surface area contributed by atoms with Gasteiger partial charge in [0.05, 0.1) is 6.61 Å². The molecule has 0 fully saturated rings. The summed E-state index contributed by atoms with van der Waals surface area (Å²) >= 11 is 0. The third-order valence-corrected chi connectivity index (χ3v) is 1.24. The molecule has 0 radical (unpaired) electrons. The van der Waals surface area contributed by atoms with Gasteiger partial charge in [-0.25, -0.2) is 8.42 Å². The number of allylic oxidation sites excluding steroid dienone is 1. The minimum Gasteiger partial charge on any atom is -0.726 e. The molecule has 0 bridgehead atoms. The van der Waals surface area contributed by atoms with Gasteiger partial charge in [0.2, 0.25) is 10.4 Å². The second-order valence-corrected chi connectivity index (χ2v) is 2.71. The number of rotatable bonds is 5. The summed E-state index contributed by atoms with van der Waals surface area (Å²) < 4.78 is 33.3. The normalized spacial score (nSPS) is 10.3. The molecule has 60 valence electrons. The van der Waals surface area contributed by atoms with Crippen LogP contribution in [0.1, 0.15) is 12.8 Å². The number of hydrogen-bond donors (Lipinski definition) is 0. The summed E-state index contributed by atoms with van der Waals surface area (Å²) in [5, 5.41) is 0. The van der Waals surface area contributed by atoms with Gasteiger partial charge in [0.25, 0.3) is 0 Å². The Morgan fingerprint density at radius 3 is 2.45 bits per heavy atom. The molecule has 0 saturated heterocycles. The van der Waals surface area contributed by atoms with E-state index in [1.54, 1.807) is 6.08 Å². The van der Waals surface area contributed by atoms with E-state index in [-0.39, 0.29) is 36.2 Å². The molecule has 0 N–H and O–H groups in total. The van der Waals surface area contributed by atoms with Gasteiger partial charge < -0.3 is 4.55 Å². The Bertz CT molecular complexity index is 187. The first-order valence-electron chi connectivity index (χ1n) is 2.77. The van der Waals surface area contributed by atoms with Crippen molar-refractivity contribution in [2.75, 3.05) is 6.61 Å². The van der Waals surface area contributed by atoms with Gasteiger partial charge in [-0.05, 0) is 12.8 Å². The molecule has 0 heterocycles. The predicted molar refractivity (Wildman–Crippen MR) is 35.1 cm³/mol. The maximum absolute atomic E-state index is 9.79. The van der Waals surface area contributed by atoms with Gasteiger partial charge in [0.1, 0.15) is 0 Å². The maximum atomic E-state index is 9.79. The van der Waals surface area contributed by atoms with Crippen molar-refractivity contribution < 1.29 is 46.7 Å². The van der Waals surface area contributed by atoms with E-state index < -0.39 is 10.4 Å². The summed E-state index contributed by atoms with van der Waals surface area (Å²) in [6, 6.07) is 0. The second kappa shape index (κ2) is 7.27. The molecule has 0 unspecified atom stereocenters. The molecule has 11 heavy (non-hydrogen) atoms. The molecule has 6 heteroatoms. The smallest absolute Gasteiger partial charge is 0.726 e. The van der Waals surface area contributed by atoms with Crippen LogP contribution < -0.4 is 29.6 Å². The van der Waals surface area contributed by atoms with Gasteiger partial charge >= 0.3 is 29.6 Å². The van der Waals surface area contributed by atoms with Crippen LogP contribution in [0.25, 0.3) is 0 Å². The minimum atomic E-state index is -4.49. The zero-order chi connectivity index (χ0) is 8.04. The summed E-state index contributed by atoms with van der Waals surface area (Å²) in [4.78, 5) is 0. The molecule has 0 aliphatic heterocycles. The van der Waals surface area contributed by atoms with E-state index in [9.17, 15) is 13.0 Å². The first-order chi connectivity index (χ1) is 4.56. The molecule has 4 nitrogen and oxygen atoms in total. The van der Waals surface area contributed by atoms with E-state index in [0.717, 1.165) is 0 Å².